The number of nitrogens with zero attached hydrogens (tertiary/aromatic N) is 4. The molecule has 0 atom stereocenters. The minimum absolute atomic E-state index is 0.0909. The summed E-state index contributed by atoms with van der Waals surface area (Å²) in [5, 5.41) is 2.97. The van der Waals surface area contributed by atoms with Gasteiger partial charge in [0, 0.05) is 42.2 Å². The fourth-order valence-electron chi connectivity index (χ4n) is 3.61. The van der Waals surface area contributed by atoms with Crippen LogP contribution in [0.25, 0.3) is 27.6 Å². The molecule has 39 heavy (non-hydrogen) atoms. The van der Waals surface area contributed by atoms with E-state index in [2.05, 4.69) is 9.52 Å². The average molecular weight is 610 g/mol. The number of hydrogen-bond acceptors (Lipinski definition) is 7. The van der Waals surface area contributed by atoms with Crippen LogP contribution in [0.3, 0.4) is 0 Å². The number of rotatable bonds is 6. The number of aryl methyl sites for hydroxylation is 1. The van der Waals surface area contributed by atoms with Gasteiger partial charge in [0.2, 0.25) is 0 Å². The number of hydrogen-bond donors (Lipinski definition) is 2. The molecule has 0 aliphatic carbocycles. The van der Waals surface area contributed by atoms with Gasteiger partial charge in [0.25, 0.3) is 5.56 Å². The Hall–Kier alpha value is -3.21. The van der Waals surface area contributed by atoms with E-state index in [9.17, 15) is 36.1 Å². The third-order valence-corrected chi connectivity index (χ3v) is 7.84. The molecule has 0 radical (unpaired) electrons. The topological polar surface area (TPSA) is 128 Å². The first-order valence-electron chi connectivity index (χ1n) is 10.4. The van der Waals surface area contributed by atoms with Crippen molar-refractivity contribution >= 4 is 46.8 Å². The summed E-state index contributed by atoms with van der Waals surface area (Å²) in [7, 11) is -2.27. The zero-order chi connectivity index (χ0) is 28.9. The molecule has 3 heterocycles. The van der Waals surface area contributed by atoms with E-state index in [-0.39, 0.29) is 15.9 Å². The molecule has 0 amide bonds. The smallest absolute Gasteiger partial charge is 0.303 e. The molecule has 0 spiro atoms. The number of aromatic nitrogens is 3. The maximum atomic E-state index is 14.8. The van der Waals surface area contributed by atoms with E-state index in [0.717, 1.165) is 43.3 Å². The second-order valence-corrected chi connectivity index (χ2v) is 10.8. The number of alkyl halides is 3. The number of phosphoric acid groups is 1. The molecule has 4 rings (SSSR count). The number of thiophene rings is 1. The van der Waals surface area contributed by atoms with Crippen molar-refractivity contribution in [2.45, 2.75) is 12.9 Å². The summed E-state index contributed by atoms with van der Waals surface area (Å²) >= 11 is 1.89. The van der Waals surface area contributed by atoms with Gasteiger partial charge in [0.1, 0.15) is 28.8 Å². The van der Waals surface area contributed by atoms with Gasteiger partial charge in [-0.1, -0.05) is 0 Å². The summed E-state index contributed by atoms with van der Waals surface area (Å²) in [6.45, 7) is -0.946. The fourth-order valence-corrected chi connectivity index (χ4v) is 5.74. The standard InChI is InChI=1S/C21H16F5N4O6PS2/c1-28-17(31)14-10(7-38-18(14)29(2)20(28)32)5-6-27-19-30(9-36-37(33,34)35)13(8-39-19)11-3-4-12(22)15(16(11)23)21(24,25)26/h3-8H,9H2,1-2H3,(H2,33,34,35). The third kappa shape index (κ3) is 5.59. The van der Waals surface area contributed by atoms with Gasteiger partial charge in [0.05, 0.1) is 11.1 Å². The molecule has 0 fully saturated rings. The Morgan fingerprint density at radius 3 is 2.44 bits per heavy atom. The third-order valence-electron chi connectivity index (χ3n) is 5.44. The van der Waals surface area contributed by atoms with E-state index in [1.54, 1.807) is 5.38 Å². The molecular weight excluding hydrogens is 594 g/mol. The maximum Gasteiger partial charge on any atom is 0.471 e. The number of halogens is 5. The molecule has 10 nitrogen and oxygen atoms in total. The molecule has 0 aliphatic heterocycles. The second kappa shape index (κ2) is 10.4. The lowest BCUT2D eigenvalue weighted by atomic mass is 10.1. The van der Waals surface area contributed by atoms with Crippen molar-refractivity contribution < 1.29 is 40.8 Å². The molecule has 0 bridgehead atoms. The lowest BCUT2D eigenvalue weighted by Crippen LogP contribution is -2.36. The molecule has 18 heteroatoms. The van der Waals surface area contributed by atoms with E-state index in [1.807, 2.05) is 0 Å². The zero-order valence-corrected chi connectivity index (χ0v) is 22.2. The molecule has 0 saturated heterocycles. The van der Waals surface area contributed by atoms with Crippen LogP contribution in [0.2, 0.25) is 0 Å². The predicted molar refractivity (Wildman–Crippen MR) is 133 cm³/mol. The van der Waals surface area contributed by atoms with Crippen molar-refractivity contribution in [3.05, 3.63) is 77.5 Å². The van der Waals surface area contributed by atoms with Crippen molar-refractivity contribution in [1.82, 2.24) is 13.7 Å². The van der Waals surface area contributed by atoms with Crippen molar-refractivity contribution in [3.8, 4) is 11.3 Å². The molecular formula is C21H16F5N4O6PS2. The van der Waals surface area contributed by atoms with Gasteiger partial charge in [-0.2, -0.15) is 13.2 Å². The zero-order valence-electron chi connectivity index (χ0n) is 19.6. The van der Waals surface area contributed by atoms with Gasteiger partial charge in [0.15, 0.2) is 4.80 Å². The summed E-state index contributed by atoms with van der Waals surface area (Å²) < 4.78 is 87.2. The average Bonchev–Trinajstić information content (AvgIpc) is 3.43. The van der Waals surface area contributed by atoms with Crippen LogP contribution in [0.1, 0.15) is 11.1 Å². The normalized spacial score (nSPS) is 13.3. The van der Waals surface area contributed by atoms with Gasteiger partial charge in [-0.3, -0.25) is 23.0 Å². The van der Waals surface area contributed by atoms with Crippen molar-refractivity contribution in [3.63, 3.8) is 0 Å². The minimum atomic E-state index is -5.35. The monoisotopic (exact) mass is 610 g/mol. The number of phosphoric ester groups is 1. The van der Waals surface area contributed by atoms with Crippen LogP contribution < -0.4 is 16.1 Å². The molecule has 3 aromatic heterocycles. The van der Waals surface area contributed by atoms with Crippen LogP contribution >= 0.6 is 30.5 Å². The SMILES string of the molecule is Cn1c(=O)c2c(C=CN=c3scc(-c4ccc(F)c(C(F)(F)F)c4F)n3COP(=O)(O)O)csc2n(C)c1=O. The second-order valence-electron chi connectivity index (χ2n) is 7.88. The van der Waals surface area contributed by atoms with E-state index < -0.39 is 54.7 Å². The highest BCUT2D eigenvalue weighted by Crippen LogP contribution is 2.39. The summed E-state index contributed by atoms with van der Waals surface area (Å²) in [4.78, 5) is 47.4. The Morgan fingerprint density at radius 2 is 1.79 bits per heavy atom. The van der Waals surface area contributed by atoms with Gasteiger partial charge < -0.3 is 9.79 Å². The molecule has 4 aromatic rings. The minimum Gasteiger partial charge on any atom is -0.303 e. The first-order chi connectivity index (χ1) is 18.1. The van der Waals surface area contributed by atoms with Gasteiger partial charge >= 0.3 is 19.7 Å². The van der Waals surface area contributed by atoms with Crippen LogP contribution in [0.15, 0.2) is 43.7 Å². The molecule has 0 saturated carbocycles. The lowest BCUT2D eigenvalue weighted by Gasteiger charge is -2.14. The maximum absolute atomic E-state index is 14.8. The van der Waals surface area contributed by atoms with Crippen molar-refractivity contribution in [1.29, 1.82) is 0 Å². The van der Waals surface area contributed by atoms with Gasteiger partial charge in [-0.05, 0) is 18.2 Å². The molecule has 0 unspecified atom stereocenters. The van der Waals surface area contributed by atoms with Gasteiger partial charge in [-0.25, -0.2) is 23.1 Å². The predicted octanol–water partition coefficient (Wildman–Crippen LogP) is 3.76. The van der Waals surface area contributed by atoms with E-state index in [4.69, 9.17) is 9.79 Å². The van der Waals surface area contributed by atoms with E-state index in [1.165, 1.54) is 30.9 Å². The molecule has 208 valence electrons. The highest BCUT2D eigenvalue weighted by molar-refractivity contribution is 7.46. The Bertz CT molecular complexity index is 1860. The number of thiazole rings is 1. The molecule has 0 aliphatic rings. The first-order valence-corrected chi connectivity index (χ1v) is 13.7. The Morgan fingerprint density at radius 1 is 1.10 bits per heavy atom. The van der Waals surface area contributed by atoms with Crippen LogP contribution in [-0.4, -0.2) is 23.5 Å². The summed E-state index contributed by atoms with van der Waals surface area (Å²) in [6.07, 6.45) is -2.76. The van der Waals surface area contributed by atoms with Crippen molar-refractivity contribution in [2.24, 2.45) is 19.1 Å². The molecule has 2 N–H and O–H groups in total. The van der Waals surface area contributed by atoms with Crippen LogP contribution in [-0.2, 0) is 36.1 Å². The van der Waals surface area contributed by atoms with Crippen molar-refractivity contribution in [2.75, 3.05) is 0 Å². The van der Waals surface area contributed by atoms with Crippen LogP contribution in [0, 0.1) is 11.6 Å². The number of benzene rings is 1. The summed E-state index contributed by atoms with van der Waals surface area (Å²) in [6, 6.07) is 1.16. The lowest BCUT2D eigenvalue weighted by molar-refractivity contribution is -0.142. The highest BCUT2D eigenvalue weighted by Gasteiger charge is 2.39. The Labute approximate surface area is 222 Å². The summed E-state index contributed by atoms with van der Waals surface area (Å²) in [5.41, 5.74) is -3.85. The number of fused-ring (bicyclic) bond motifs is 1. The Kier molecular flexibility index (Phi) is 7.68. The first kappa shape index (κ1) is 28.8. The quantitative estimate of drug-likeness (QED) is 0.253. The fraction of sp³-hybridized carbons (Fsp3) is 0.190. The van der Waals surface area contributed by atoms with E-state index >= 15 is 0 Å². The van der Waals surface area contributed by atoms with Crippen LogP contribution in [0.4, 0.5) is 22.0 Å². The Balaban J connectivity index is 1.85. The highest BCUT2D eigenvalue weighted by atomic mass is 32.1. The molecule has 1 aromatic carbocycles. The summed E-state index contributed by atoms with van der Waals surface area (Å²) in [5.74, 6) is -3.77. The largest absolute Gasteiger partial charge is 0.471 e. The van der Waals surface area contributed by atoms with Crippen LogP contribution in [0.5, 0.6) is 0 Å². The van der Waals surface area contributed by atoms with Gasteiger partial charge in [-0.15, -0.1) is 22.7 Å². The van der Waals surface area contributed by atoms with E-state index in [0.29, 0.717) is 16.5 Å².